The molecule has 3 aliphatic rings. The Kier molecular flexibility index (Phi) is 8.73. The van der Waals surface area contributed by atoms with Crippen molar-refractivity contribution in [1.29, 1.82) is 0 Å². The molecule has 376 valence electrons. The molecule has 3 aliphatic carbocycles. The lowest BCUT2D eigenvalue weighted by Gasteiger charge is -2.32. The lowest BCUT2D eigenvalue weighted by atomic mass is 9.72. The van der Waals surface area contributed by atoms with Crippen molar-refractivity contribution in [2.24, 2.45) is 0 Å². The van der Waals surface area contributed by atoms with Gasteiger partial charge < -0.3 is 18.3 Å². The number of furan rings is 2. The Morgan fingerprint density at radius 1 is 0.342 bits per heavy atom. The maximum Gasteiger partial charge on any atom is 0.144 e. The first-order chi connectivity index (χ1) is 38.5. The van der Waals surface area contributed by atoms with Crippen molar-refractivity contribution in [1.82, 2.24) is 4.57 Å². The van der Waals surface area contributed by atoms with Gasteiger partial charge in [0.1, 0.15) is 22.3 Å². The Morgan fingerprint density at radius 2 is 0.848 bits per heavy atom. The summed E-state index contributed by atoms with van der Waals surface area (Å²) in [5.41, 5.74) is 27.5. The molecule has 0 bridgehead atoms. The van der Waals surface area contributed by atoms with E-state index in [1.54, 1.807) is 0 Å². The van der Waals surface area contributed by atoms with E-state index in [1.165, 1.54) is 93.8 Å². The summed E-state index contributed by atoms with van der Waals surface area (Å²) in [7, 11) is 0. The fourth-order valence-corrected chi connectivity index (χ4v) is 15.1. The van der Waals surface area contributed by atoms with Crippen molar-refractivity contribution in [3.8, 4) is 50.2 Å². The molecule has 0 saturated carbocycles. The van der Waals surface area contributed by atoms with Crippen LogP contribution in [0.5, 0.6) is 0 Å². The largest absolute Gasteiger partial charge is 0.455 e. The van der Waals surface area contributed by atoms with E-state index in [4.69, 9.17) is 8.83 Å². The minimum absolute atomic E-state index is 0.255. The third kappa shape index (κ3) is 5.78. The summed E-state index contributed by atoms with van der Waals surface area (Å²) in [5, 5.41) is 7.15. The van der Waals surface area contributed by atoms with Crippen LogP contribution < -0.4 is 4.90 Å². The molecular formula is C75H54N2O2. The van der Waals surface area contributed by atoms with Crippen LogP contribution in [0.4, 0.5) is 17.1 Å². The molecule has 0 fully saturated rings. The average Bonchev–Trinajstić information content (AvgIpc) is 3.17. The van der Waals surface area contributed by atoms with E-state index in [-0.39, 0.29) is 16.2 Å². The van der Waals surface area contributed by atoms with E-state index >= 15 is 0 Å². The van der Waals surface area contributed by atoms with Gasteiger partial charge in [-0.3, -0.25) is 0 Å². The van der Waals surface area contributed by atoms with E-state index in [0.29, 0.717) is 0 Å². The number of benzene rings is 11. The number of aromatic nitrogens is 1. The van der Waals surface area contributed by atoms with Gasteiger partial charge in [-0.15, -0.1) is 0 Å². The molecule has 0 aliphatic heterocycles. The summed E-state index contributed by atoms with van der Waals surface area (Å²) < 4.78 is 16.4. The quantitative estimate of drug-likeness (QED) is 0.172. The highest BCUT2D eigenvalue weighted by molar-refractivity contribution is 6.22. The van der Waals surface area contributed by atoms with Crippen molar-refractivity contribution in [3.63, 3.8) is 0 Å². The lowest BCUT2D eigenvalue weighted by molar-refractivity contribution is 0.600. The Labute approximate surface area is 458 Å². The van der Waals surface area contributed by atoms with Gasteiger partial charge in [-0.2, -0.15) is 0 Å². The van der Waals surface area contributed by atoms with Crippen molar-refractivity contribution in [3.05, 3.63) is 252 Å². The Bertz CT molecular complexity index is 4980. The third-order valence-electron chi connectivity index (χ3n) is 18.7. The summed E-state index contributed by atoms with van der Waals surface area (Å²) in [6, 6.07) is 80.7. The molecule has 0 spiro atoms. The van der Waals surface area contributed by atoms with Gasteiger partial charge in [-0.25, -0.2) is 0 Å². The molecule has 79 heavy (non-hydrogen) atoms. The van der Waals surface area contributed by atoms with E-state index in [9.17, 15) is 0 Å². The van der Waals surface area contributed by atoms with Crippen molar-refractivity contribution >= 4 is 82.7 Å². The second kappa shape index (κ2) is 15.4. The van der Waals surface area contributed by atoms with Gasteiger partial charge in [-0.05, 0) is 140 Å². The molecule has 3 aromatic heterocycles. The summed E-state index contributed by atoms with van der Waals surface area (Å²) in [6.07, 6.45) is 0. The van der Waals surface area contributed by atoms with Crippen LogP contribution >= 0.6 is 0 Å². The fraction of sp³-hybridized carbons (Fsp3) is 0.120. The molecule has 0 N–H and O–H groups in total. The van der Waals surface area contributed by atoms with Gasteiger partial charge >= 0.3 is 0 Å². The van der Waals surface area contributed by atoms with Crippen LogP contribution in [-0.2, 0) is 16.2 Å². The van der Waals surface area contributed by atoms with Gasteiger partial charge in [0.05, 0.1) is 11.0 Å². The van der Waals surface area contributed by atoms with Crippen LogP contribution in [0.1, 0.15) is 74.9 Å². The maximum atomic E-state index is 7.06. The van der Waals surface area contributed by atoms with Gasteiger partial charge in [-0.1, -0.05) is 187 Å². The van der Waals surface area contributed by atoms with Crippen LogP contribution in [0.3, 0.4) is 0 Å². The highest BCUT2D eigenvalue weighted by atomic mass is 16.3. The number of anilines is 3. The molecule has 0 saturated heterocycles. The number of hydrogen-bond donors (Lipinski definition) is 0. The average molecular weight is 1020 g/mol. The van der Waals surface area contributed by atoms with Crippen molar-refractivity contribution in [2.75, 3.05) is 4.90 Å². The van der Waals surface area contributed by atoms with E-state index < -0.39 is 0 Å². The second-order valence-electron chi connectivity index (χ2n) is 23.9. The fourth-order valence-electron chi connectivity index (χ4n) is 15.1. The molecule has 0 radical (unpaired) electrons. The van der Waals surface area contributed by atoms with Crippen LogP contribution in [-0.4, -0.2) is 4.57 Å². The molecule has 0 unspecified atom stereocenters. The molecule has 4 nitrogen and oxygen atoms in total. The zero-order valence-corrected chi connectivity index (χ0v) is 45.0. The second-order valence-corrected chi connectivity index (χ2v) is 23.9. The Morgan fingerprint density at radius 3 is 1.57 bits per heavy atom. The molecule has 4 heteroatoms. The first kappa shape index (κ1) is 44.7. The predicted octanol–water partition coefficient (Wildman–Crippen LogP) is 20.6. The first-order valence-electron chi connectivity index (χ1n) is 27.8. The topological polar surface area (TPSA) is 34.5 Å². The van der Waals surface area contributed by atoms with Gasteiger partial charge in [0.15, 0.2) is 0 Å². The predicted molar refractivity (Wildman–Crippen MR) is 328 cm³/mol. The minimum atomic E-state index is -0.372. The third-order valence-corrected chi connectivity index (χ3v) is 18.7. The summed E-state index contributed by atoms with van der Waals surface area (Å²) in [4.78, 5) is 2.52. The Balaban J connectivity index is 0.923. The van der Waals surface area contributed by atoms with Crippen LogP contribution in [0, 0.1) is 0 Å². The number of hydrogen-bond acceptors (Lipinski definition) is 3. The van der Waals surface area contributed by atoms with Gasteiger partial charge in [0.2, 0.25) is 0 Å². The molecule has 14 aromatic rings. The number of fused-ring (bicyclic) bond motifs is 22. The molecule has 3 heterocycles. The van der Waals surface area contributed by atoms with E-state index in [0.717, 1.165) is 72.5 Å². The standard InChI is InChI=1S/C75H54N2O2/c1-73(2)57-39-45(34-37-51(57)64-59(73)42-55(43-21-9-7-10-22-43)71-66(64)53-27-15-19-31-62(53)78-71)76(47-33-36-49-48-25-14-18-30-60(48)77(61(49)41-47)44-23-11-8-12-24-44)46-35-38-52-58(40-46)75(5,6)69-65(52)67-54-28-16-20-32-63(54)79-72(67)68-50-26-13-17-29-56(50)74(3,4)70(68)69/h7-42H,1-6H3. The van der Waals surface area contributed by atoms with Crippen molar-refractivity contribution < 1.29 is 8.83 Å². The van der Waals surface area contributed by atoms with Crippen molar-refractivity contribution in [2.45, 2.75) is 57.8 Å². The number of rotatable bonds is 5. The smallest absolute Gasteiger partial charge is 0.144 e. The number of nitrogens with zero attached hydrogens (tertiary/aromatic N) is 2. The molecular weight excluding hydrogens is 961 g/mol. The van der Waals surface area contributed by atoms with Gasteiger partial charge in [0, 0.05) is 82.4 Å². The Hall–Kier alpha value is -9.38. The molecule has 11 aromatic carbocycles. The molecule has 0 atom stereocenters. The first-order valence-corrected chi connectivity index (χ1v) is 27.8. The zero-order valence-electron chi connectivity index (χ0n) is 45.0. The molecule has 17 rings (SSSR count). The van der Waals surface area contributed by atoms with Gasteiger partial charge in [0.25, 0.3) is 0 Å². The van der Waals surface area contributed by atoms with E-state index in [2.05, 4.69) is 269 Å². The lowest BCUT2D eigenvalue weighted by Crippen LogP contribution is -2.24. The summed E-state index contributed by atoms with van der Waals surface area (Å²) >= 11 is 0. The number of para-hydroxylation sites is 4. The highest BCUT2D eigenvalue weighted by Gasteiger charge is 2.49. The summed E-state index contributed by atoms with van der Waals surface area (Å²) in [5.74, 6) is 0. The monoisotopic (exact) mass is 1010 g/mol. The highest BCUT2D eigenvalue weighted by Crippen LogP contribution is 2.64. The maximum absolute atomic E-state index is 7.06. The summed E-state index contributed by atoms with van der Waals surface area (Å²) in [6.45, 7) is 14.6. The van der Waals surface area contributed by atoms with Crippen LogP contribution in [0.15, 0.2) is 227 Å². The van der Waals surface area contributed by atoms with E-state index in [1.807, 2.05) is 0 Å². The minimum Gasteiger partial charge on any atom is -0.455 e. The normalized spacial score (nSPS) is 15.0. The van der Waals surface area contributed by atoms with Crippen LogP contribution in [0.25, 0.3) is 116 Å². The molecule has 0 amide bonds. The van der Waals surface area contributed by atoms with Crippen LogP contribution in [0.2, 0.25) is 0 Å². The SMILES string of the molecule is CC1(C)c2cc(N(c3ccc4c(c3)C(C)(C)c3c5c(c6oc7ccccc7c6c3-4)-c3ccccc3C5(C)C)c3ccc4c5ccccc5n(-c5ccccc5)c4c3)ccc2-c2c1cc(-c1ccccc1)c1oc3ccccc3c21. The zero-order chi connectivity index (χ0) is 52.8.